The van der Waals surface area contributed by atoms with Crippen LogP contribution in [-0.4, -0.2) is 51.0 Å². The summed E-state index contributed by atoms with van der Waals surface area (Å²) in [6.45, 7) is 2.99. The van der Waals surface area contributed by atoms with Gasteiger partial charge in [-0.25, -0.2) is 8.42 Å². The van der Waals surface area contributed by atoms with Crippen LogP contribution in [-0.2, 0) is 16.4 Å². The molecule has 1 aromatic carbocycles. The van der Waals surface area contributed by atoms with Crippen molar-refractivity contribution in [3.63, 3.8) is 0 Å². The average Bonchev–Trinajstić information content (AvgIpc) is 2.46. The summed E-state index contributed by atoms with van der Waals surface area (Å²) in [7, 11) is -0.603. The Kier molecular flexibility index (Phi) is 6.21. The van der Waals surface area contributed by atoms with Crippen molar-refractivity contribution >= 4 is 9.84 Å². The highest BCUT2D eigenvalue weighted by molar-refractivity contribution is 7.91. The third-order valence-corrected chi connectivity index (χ3v) is 5.71. The zero-order chi connectivity index (χ0) is 15.1. The maximum absolute atomic E-state index is 11.4. The van der Waals surface area contributed by atoms with E-state index < -0.39 is 9.84 Å². The maximum atomic E-state index is 11.4. The zero-order valence-electron chi connectivity index (χ0n) is 12.8. The molecule has 0 aliphatic carbocycles. The number of rotatable bonds is 7. The van der Waals surface area contributed by atoms with Crippen LogP contribution in [0.25, 0.3) is 0 Å². The number of hydrogen-bond acceptors (Lipinski definition) is 4. The van der Waals surface area contributed by atoms with Gasteiger partial charge < -0.3 is 10.2 Å². The molecule has 1 N–H and O–H groups in total. The molecule has 0 saturated carbocycles. The summed E-state index contributed by atoms with van der Waals surface area (Å²) in [5.74, 6) is 0.692. The third-order valence-electron chi connectivity index (χ3n) is 4.00. The standard InChI is InChI=1S/C16H26N2O2S/c1-18(14-15-6-3-2-4-7-15)11-5-10-17-16-8-12-21(19,20)13-9-16/h2-4,6-7,16-17H,5,8-14H2,1H3. The van der Waals surface area contributed by atoms with E-state index in [0.717, 1.165) is 38.9 Å². The van der Waals surface area contributed by atoms with Crippen molar-refractivity contribution in [2.75, 3.05) is 31.6 Å². The summed E-state index contributed by atoms with van der Waals surface area (Å²) in [5.41, 5.74) is 1.34. The minimum atomic E-state index is -2.74. The van der Waals surface area contributed by atoms with E-state index in [2.05, 4.69) is 41.5 Å². The van der Waals surface area contributed by atoms with Gasteiger partial charge in [0.05, 0.1) is 11.5 Å². The van der Waals surface area contributed by atoms with E-state index in [4.69, 9.17) is 0 Å². The van der Waals surface area contributed by atoms with Gasteiger partial charge in [0.15, 0.2) is 0 Å². The molecule has 1 aliphatic heterocycles. The van der Waals surface area contributed by atoms with Crippen LogP contribution >= 0.6 is 0 Å². The minimum absolute atomic E-state index is 0.346. The van der Waals surface area contributed by atoms with Crippen LogP contribution in [0.3, 0.4) is 0 Å². The molecular formula is C16H26N2O2S. The van der Waals surface area contributed by atoms with Crippen molar-refractivity contribution in [3.05, 3.63) is 35.9 Å². The van der Waals surface area contributed by atoms with Gasteiger partial charge in [0, 0.05) is 12.6 Å². The normalized spacial score (nSPS) is 19.0. The van der Waals surface area contributed by atoms with E-state index in [0.29, 0.717) is 17.5 Å². The van der Waals surface area contributed by atoms with Crippen LogP contribution < -0.4 is 5.32 Å². The molecule has 0 bridgehead atoms. The predicted molar refractivity (Wildman–Crippen MR) is 87.1 cm³/mol. The fourth-order valence-electron chi connectivity index (χ4n) is 2.72. The maximum Gasteiger partial charge on any atom is 0.150 e. The lowest BCUT2D eigenvalue weighted by atomic mass is 10.1. The van der Waals surface area contributed by atoms with Crippen molar-refractivity contribution in [1.29, 1.82) is 0 Å². The fourth-order valence-corrected chi connectivity index (χ4v) is 4.21. The molecule has 2 rings (SSSR count). The summed E-state index contributed by atoms with van der Waals surface area (Å²) in [5, 5.41) is 3.49. The van der Waals surface area contributed by atoms with Crippen LogP contribution in [0.1, 0.15) is 24.8 Å². The average molecular weight is 310 g/mol. The van der Waals surface area contributed by atoms with Gasteiger partial charge in [0.1, 0.15) is 9.84 Å². The van der Waals surface area contributed by atoms with Crippen molar-refractivity contribution in [3.8, 4) is 0 Å². The molecule has 1 saturated heterocycles. The number of nitrogens with zero attached hydrogens (tertiary/aromatic N) is 1. The molecule has 0 unspecified atom stereocenters. The van der Waals surface area contributed by atoms with Crippen LogP contribution in [0, 0.1) is 0 Å². The first-order valence-corrected chi connectivity index (χ1v) is 9.53. The Morgan fingerprint density at radius 2 is 1.86 bits per heavy atom. The molecule has 118 valence electrons. The molecule has 1 heterocycles. The molecule has 0 spiro atoms. The molecule has 1 fully saturated rings. The Hall–Kier alpha value is -0.910. The molecule has 0 aromatic heterocycles. The minimum Gasteiger partial charge on any atom is -0.314 e. The molecule has 0 atom stereocenters. The first-order chi connectivity index (χ1) is 10.1. The molecule has 1 aromatic rings. The largest absolute Gasteiger partial charge is 0.314 e. The first-order valence-electron chi connectivity index (χ1n) is 7.71. The van der Waals surface area contributed by atoms with Crippen LogP contribution in [0.5, 0.6) is 0 Å². The monoisotopic (exact) mass is 310 g/mol. The van der Waals surface area contributed by atoms with E-state index in [-0.39, 0.29) is 0 Å². The summed E-state index contributed by atoms with van der Waals surface area (Å²) in [4.78, 5) is 2.32. The van der Waals surface area contributed by atoms with Gasteiger partial charge in [-0.3, -0.25) is 0 Å². The summed E-state index contributed by atoms with van der Waals surface area (Å²) < 4.78 is 22.7. The van der Waals surface area contributed by atoms with Crippen molar-refractivity contribution < 1.29 is 8.42 Å². The van der Waals surface area contributed by atoms with E-state index in [9.17, 15) is 8.42 Å². The van der Waals surface area contributed by atoms with Crippen molar-refractivity contribution in [2.45, 2.75) is 31.8 Å². The lowest BCUT2D eigenvalue weighted by Gasteiger charge is -2.24. The lowest BCUT2D eigenvalue weighted by molar-refractivity contribution is 0.315. The second-order valence-electron chi connectivity index (χ2n) is 5.96. The Labute approximate surface area is 128 Å². The first kappa shape index (κ1) is 16.5. The number of nitrogens with one attached hydrogen (secondary N) is 1. The van der Waals surface area contributed by atoms with Gasteiger partial charge in [0.25, 0.3) is 0 Å². The van der Waals surface area contributed by atoms with E-state index in [1.165, 1.54) is 5.56 Å². The SMILES string of the molecule is CN(CCCNC1CCS(=O)(=O)CC1)Cc1ccccc1. The lowest BCUT2D eigenvalue weighted by Crippen LogP contribution is -2.38. The summed E-state index contributed by atoms with van der Waals surface area (Å²) >= 11 is 0. The van der Waals surface area contributed by atoms with Gasteiger partial charge in [0.2, 0.25) is 0 Å². The van der Waals surface area contributed by atoms with Gasteiger partial charge in [-0.15, -0.1) is 0 Å². The summed E-state index contributed by atoms with van der Waals surface area (Å²) in [6.07, 6.45) is 2.62. The number of hydrogen-bond donors (Lipinski definition) is 1. The molecular weight excluding hydrogens is 284 g/mol. The van der Waals surface area contributed by atoms with Gasteiger partial charge in [-0.2, -0.15) is 0 Å². The molecule has 0 amide bonds. The highest BCUT2D eigenvalue weighted by Crippen LogP contribution is 2.12. The van der Waals surface area contributed by atoms with Gasteiger partial charge in [-0.1, -0.05) is 30.3 Å². The summed E-state index contributed by atoms with van der Waals surface area (Å²) in [6, 6.07) is 10.9. The van der Waals surface area contributed by atoms with Crippen molar-refractivity contribution in [2.24, 2.45) is 0 Å². The second-order valence-corrected chi connectivity index (χ2v) is 8.26. The highest BCUT2D eigenvalue weighted by Gasteiger charge is 2.22. The smallest absolute Gasteiger partial charge is 0.150 e. The quantitative estimate of drug-likeness (QED) is 0.779. The molecule has 1 aliphatic rings. The molecule has 5 heteroatoms. The highest BCUT2D eigenvalue weighted by atomic mass is 32.2. The van der Waals surface area contributed by atoms with E-state index >= 15 is 0 Å². The van der Waals surface area contributed by atoms with Crippen LogP contribution in [0.2, 0.25) is 0 Å². The van der Waals surface area contributed by atoms with Crippen LogP contribution in [0.4, 0.5) is 0 Å². The third kappa shape index (κ3) is 6.16. The zero-order valence-corrected chi connectivity index (χ0v) is 13.6. The van der Waals surface area contributed by atoms with E-state index in [1.807, 2.05) is 6.07 Å². The molecule has 4 nitrogen and oxygen atoms in total. The number of benzene rings is 1. The Morgan fingerprint density at radius 1 is 1.19 bits per heavy atom. The Bertz CT molecular complexity index is 502. The fraction of sp³-hybridized carbons (Fsp3) is 0.625. The Balaban J connectivity index is 1.57. The topological polar surface area (TPSA) is 49.4 Å². The van der Waals surface area contributed by atoms with Gasteiger partial charge >= 0.3 is 0 Å². The van der Waals surface area contributed by atoms with E-state index in [1.54, 1.807) is 0 Å². The molecule has 21 heavy (non-hydrogen) atoms. The Morgan fingerprint density at radius 3 is 2.52 bits per heavy atom. The van der Waals surface area contributed by atoms with Crippen molar-refractivity contribution in [1.82, 2.24) is 10.2 Å². The van der Waals surface area contributed by atoms with Gasteiger partial charge in [-0.05, 0) is 45.0 Å². The second kappa shape index (κ2) is 7.92. The predicted octanol–water partition coefficient (Wildman–Crippen LogP) is 1.68. The molecule has 0 radical (unpaired) electrons. The number of sulfone groups is 1. The van der Waals surface area contributed by atoms with Crippen LogP contribution in [0.15, 0.2) is 30.3 Å².